The van der Waals surface area contributed by atoms with Crippen LogP contribution in [0.2, 0.25) is 0 Å². The Bertz CT molecular complexity index is 578. The van der Waals surface area contributed by atoms with Crippen LogP contribution in [-0.2, 0) is 16.6 Å². The molecule has 0 aliphatic heterocycles. The zero-order chi connectivity index (χ0) is 12.3. The van der Waals surface area contributed by atoms with E-state index >= 15 is 0 Å². The highest BCUT2D eigenvalue weighted by Crippen LogP contribution is 2.12. The predicted molar refractivity (Wildman–Crippen MR) is 65.1 cm³/mol. The molecule has 0 bridgehead atoms. The second-order valence-electron chi connectivity index (χ2n) is 3.29. The molecule has 0 fully saturated rings. The molecule has 6 nitrogen and oxygen atoms in total. The monoisotopic (exact) mass is 270 g/mol. The quantitative estimate of drug-likeness (QED) is 0.856. The minimum Gasteiger partial charge on any atom is -0.356 e. The molecule has 0 spiro atoms. The molecule has 0 amide bonds. The van der Waals surface area contributed by atoms with Gasteiger partial charge in [-0.3, -0.25) is 0 Å². The molecule has 90 valence electrons. The summed E-state index contributed by atoms with van der Waals surface area (Å²) < 4.78 is 25.9. The molecule has 0 unspecified atom stereocenters. The van der Waals surface area contributed by atoms with Crippen LogP contribution >= 0.6 is 11.5 Å². The molecule has 1 aromatic heterocycles. The van der Waals surface area contributed by atoms with Gasteiger partial charge in [0.15, 0.2) is 0 Å². The Labute approximate surface area is 103 Å². The Morgan fingerprint density at radius 3 is 2.53 bits per heavy atom. The first-order valence-corrected chi connectivity index (χ1v) is 7.00. The van der Waals surface area contributed by atoms with Crippen molar-refractivity contribution >= 4 is 26.7 Å². The van der Waals surface area contributed by atoms with E-state index in [2.05, 4.69) is 14.7 Å². The number of aromatic nitrogens is 2. The lowest BCUT2D eigenvalue weighted by atomic mass is 10.2. The number of rotatable bonds is 4. The van der Waals surface area contributed by atoms with E-state index in [1.807, 2.05) is 0 Å². The second kappa shape index (κ2) is 4.78. The normalized spacial score (nSPS) is 11.4. The van der Waals surface area contributed by atoms with E-state index in [4.69, 9.17) is 5.14 Å². The van der Waals surface area contributed by atoms with Crippen LogP contribution in [0.3, 0.4) is 0 Å². The Kier molecular flexibility index (Phi) is 3.36. The SMILES string of the molecule is NS(=O)(=O)c1ccc(CNc2ncns2)cc1. The van der Waals surface area contributed by atoms with Gasteiger partial charge in [0, 0.05) is 18.1 Å². The molecule has 3 N–H and O–H groups in total. The van der Waals surface area contributed by atoms with Crippen LogP contribution in [-0.4, -0.2) is 17.8 Å². The van der Waals surface area contributed by atoms with E-state index in [-0.39, 0.29) is 4.90 Å². The minimum atomic E-state index is -3.62. The number of nitrogens with two attached hydrogens (primary N) is 1. The van der Waals surface area contributed by atoms with Crippen molar-refractivity contribution in [2.24, 2.45) is 5.14 Å². The van der Waals surface area contributed by atoms with Crippen molar-refractivity contribution in [1.82, 2.24) is 9.36 Å². The van der Waals surface area contributed by atoms with Gasteiger partial charge < -0.3 is 5.32 Å². The lowest BCUT2D eigenvalue weighted by molar-refractivity contribution is 0.598. The van der Waals surface area contributed by atoms with Crippen LogP contribution in [0.5, 0.6) is 0 Å². The largest absolute Gasteiger partial charge is 0.356 e. The number of nitrogens with one attached hydrogen (secondary N) is 1. The molecular weight excluding hydrogens is 260 g/mol. The van der Waals surface area contributed by atoms with Crippen molar-refractivity contribution < 1.29 is 8.42 Å². The molecule has 0 saturated heterocycles. The van der Waals surface area contributed by atoms with Crippen LogP contribution in [0.15, 0.2) is 35.5 Å². The number of primary sulfonamides is 1. The van der Waals surface area contributed by atoms with Crippen LogP contribution in [0.25, 0.3) is 0 Å². The van der Waals surface area contributed by atoms with E-state index in [9.17, 15) is 8.42 Å². The van der Waals surface area contributed by atoms with Crippen LogP contribution in [0.4, 0.5) is 5.13 Å². The Balaban J connectivity index is 2.04. The standard InChI is InChI=1S/C9H10N4O2S2/c10-17(14,15)8-3-1-7(2-4-8)5-11-9-12-6-13-16-9/h1-4,6H,5H2,(H2,10,14,15)(H,11,12,13). The van der Waals surface area contributed by atoms with Gasteiger partial charge in [0.2, 0.25) is 15.2 Å². The van der Waals surface area contributed by atoms with Crippen LogP contribution < -0.4 is 10.5 Å². The van der Waals surface area contributed by atoms with Gasteiger partial charge in [-0.25, -0.2) is 18.5 Å². The average molecular weight is 270 g/mol. The molecular formula is C9H10N4O2S2. The molecule has 2 aromatic rings. The van der Waals surface area contributed by atoms with E-state index in [1.54, 1.807) is 12.1 Å². The third-order valence-corrected chi connectivity index (χ3v) is 3.61. The first-order valence-electron chi connectivity index (χ1n) is 4.68. The summed E-state index contributed by atoms with van der Waals surface area (Å²) in [4.78, 5) is 4.08. The molecule has 1 heterocycles. The molecule has 17 heavy (non-hydrogen) atoms. The third kappa shape index (κ3) is 3.22. The van der Waals surface area contributed by atoms with Crippen molar-refractivity contribution in [2.45, 2.75) is 11.4 Å². The molecule has 8 heteroatoms. The third-order valence-electron chi connectivity index (χ3n) is 2.06. The maximum absolute atomic E-state index is 11.0. The summed E-state index contributed by atoms with van der Waals surface area (Å²) in [6, 6.07) is 6.36. The molecule has 1 aromatic carbocycles. The van der Waals surface area contributed by atoms with Gasteiger partial charge >= 0.3 is 0 Å². The van der Waals surface area contributed by atoms with Gasteiger partial charge in [-0.15, -0.1) is 0 Å². The highest BCUT2D eigenvalue weighted by molar-refractivity contribution is 7.89. The van der Waals surface area contributed by atoms with E-state index < -0.39 is 10.0 Å². The molecule has 2 rings (SSSR count). The number of hydrogen-bond donors (Lipinski definition) is 2. The number of sulfonamides is 1. The number of hydrogen-bond acceptors (Lipinski definition) is 6. The van der Waals surface area contributed by atoms with Gasteiger partial charge in [0.05, 0.1) is 4.90 Å². The summed E-state index contributed by atoms with van der Waals surface area (Å²) in [5.74, 6) is 0. The topological polar surface area (TPSA) is 98.0 Å². The van der Waals surface area contributed by atoms with E-state index in [0.717, 1.165) is 10.7 Å². The molecule has 0 radical (unpaired) electrons. The first kappa shape index (κ1) is 12.0. The Hall–Kier alpha value is -1.51. The highest BCUT2D eigenvalue weighted by atomic mass is 32.2. The fourth-order valence-corrected chi connectivity index (χ4v) is 2.17. The zero-order valence-corrected chi connectivity index (χ0v) is 10.3. The van der Waals surface area contributed by atoms with Gasteiger partial charge in [-0.1, -0.05) is 12.1 Å². The molecule has 0 atom stereocenters. The van der Waals surface area contributed by atoms with Crippen molar-refractivity contribution in [3.8, 4) is 0 Å². The minimum absolute atomic E-state index is 0.108. The fraction of sp³-hybridized carbons (Fsp3) is 0.111. The summed E-state index contributed by atoms with van der Waals surface area (Å²) in [7, 11) is -3.62. The van der Waals surface area contributed by atoms with Crippen molar-refractivity contribution in [1.29, 1.82) is 0 Å². The summed E-state index contributed by atoms with van der Waals surface area (Å²) >= 11 is 1.26. The van der Waals surface area contributed by atoms with Crippen molar-refractivity contribution in [3.63, 3.8) is 0 Å². The Morgan fingerprint density at radius 1 is 1.29 bits per heavy atom. The lowest BCUT2D eigenvalue weighted by Gasteiger charge is -2.03. The smallest absolute Gasteiger partial charge is 0.238 e. The summed E-state index contributed by atoms with van der Waals surface area (Å²) in [6.45, 7) is 0.556. The van der Waals surface area contributed by atoms with E-state index in [1.165, 1.54) is 30.0 Å². The molecule has 0 aliphatic rings. The lowest BCUT2D eigenvalue weighted by Crippen LogP contribution is -2.12. The van der Waals surface area contributed by atoms with Crippen LogP contribution in [0.1, 0.15) is 5.56 Å². The zero-order valence-electron chi connectivity index (χ0n) is 8.70. The van der Waals surface area contributed by atoms with Gasteiger partial charge in [0.25, 0.3) is 0 Å². The summed E-state index contributed by atoms with van der Waals surface area (Å²) in [5.41, 5.74) is 0.938. The Morgan fingerprint density at radius 2 is 2.00 bits per heavy atom. The molecule has 0 saturated carbocycles. The predicted octanol–water partition coefficient (Wildman–Crippen LogP) is 0.798. The first-order chi connectivity index (χ1) is 8.05. The maximum atomic E-state index is 11.0. The summed E-state index contributed by atoms with van der Waals surface area (Å²) in [5, 5.41) is 8.78. The molecule has 0 aliphatic carbocycles. The maximum Gasteiger partial charge on any atom is 0.238 e. The average Bonchev–Trinajstić information content (AvgIpc) is 2.78. The van der Waals surface area contributed by atoms with Gasteiger partial charge in [0.1, 0.15) is 6.33 Å². The van der Waals surface area contributed by atoms with Gasteiger partial charge in [-0.2, -0.15) is 4.37 Å². The van der Waals surface area contributed by atoms with E-state index in [0.29, 0.717) is 6.54 Å². The van der Waals surface area contributed by atoms with Gasteiger partial charge in [-0.05, 0) is 17.7 Å². The number of anilines is 1. The highest BCUT2D eigenvalue weighted by Gasteiger charge is 2.06. The van der Waals surface area contributed by atoms with Crippen LogP contribution in [0, 0.1) is 0 Å². The second-order valence-corrected chi connectivity index (χ2v) is 5.63. The summed E-state index contributed by atoms with van der Waals surface area (Å²) in [6.07, 6.45) is 1.47. The number of benzene rings is 1. The number of nitrogens with zero attached hydrogens (tertiary/aromatic N) is 2. The fourth-order valence-electron chi connectivity index (χ4n) is 1.23. The van der Waals surface area contributed by atoms with Crippen molar-refractivity contribution in [3.05, 3.63) is 36.2 Å². The van der Waals surface area contributed by atoms with Crippen molar-refractivity contribution in [2.75, 3.05) is 5.32 Å².